The number of rotatable bonds is 3. The molecule has 1 saturated carbocycles. The molecule has 0 bridgehead atoms. The molecule has 1 N–H and O–H groups in total. The Balaban J connectivity index is 1.95. The first-order valence-corrected chi connectivity index (χ1v) is 8.05. The Morgan fingerprint density at radius 3 is 2.58 bits per heavy atom. The molecule has 0 spiro atoms. The van der Waals surface area contributed by atoms with Gasteiger partial charge in [-0.1, -0.05) is 13.8 Å². The molecule has 0 aromatic carbocycles. The Morgan fingerprint density at radius 1 is 1.32 bits per heavy atom. The van der Waals surface area contributed by atoms with E-state index in [0.29, 0.717) is 25.0 Å². The monoisotopic (exact) mass is 287 g/mol. The van der Waals surface area contributed by atoms with Crippen molar-refractivity contribution >= 4 is 17.5 Å². The predicted octanol–water partition coefficient (Wildman–Crippen LogP) is 2.96. The van der Waals surface area contributed by atoms with Crippen molar-refractivity contribution in [3.63, 3.8) is 0 Å². The third kappa shape index (κ3) is 3.63. The van der Waals surface area contributed by atoms with E-state index >= 15 is 0 Å². The first-order valence-electron chi connectivity index (χ1n) is 7.52. The zero-order chi connectivity index (χ0) is 13.9. The highest BCUT2D eigenvalue weighted by Crippen LogP contribution is 2.33. The van der Waals surface area contributed by atoms with E-state index in [0.717, 1.165) is 38.0 Å². The van der Waals surface area contributed by atoms with Gasteiger partial charge >= 0.3 is 0 Å². The predicted molar refractivity (Wildman–Crippen MR) is 77.3 cm³/mol. The number of amides is 1. The van der Waals surface area contributed by atoms with Gasteiger partial charge in [-0.3, -0.25) is 4.79 Å². The average molecular weight is 288 g/mol. The third-order valence-corrected chi connectivity index (χ3v) is 5.36. The van der Waals surface area contributed by atoms with Crippen LogP contribution in [0.3, 0.4) is 0 Å². The first kappa shape index (κ1) is 15.1. The SMILES string of the molecule is CC1CCC(CCl)(NC(=O)C2CCOCC2C)CC1. The van der Waals surface area contributed by atoms with E-state index in [4.69, 9.17) is 16.3 Å². The first-order chi connectivity index (χ1) is 9.06. The summed E-state index contributed by atoms with van der Waals surface area (Å²) in [6.45, 7) is 5.77. The summed E-state index contributed by atoms with van der Waals surface area (Å²) >= 11 is 6.16. The molecule has 3 nitrogen and oxygen atoms in total. The van der Waals surface area contributed by atoms with Crippen molar-refractivity contribution in [1.29, 1.82) is 0 Å². The van der Waals surface area contributed by atoms with E-state index in [9.17, 15) is 4.79 Å². The summed E-state index contributed by atoms with van der Waals surface area (Å²) in [4.78, 5) is 12.5. The summed E-state index contributed by atoms with van der Waals surface area (Å²) in [7, 11) is 0. The van der Waals surface area contributed by atoms with Gasteiger partial charge in [0.1, 0.15) is 0 Å². The van der Waals surface area contributed by atoms with Crippen LogP contribution in [0.15, 0.2) is 0 Å². The topological polar surface area (TPSA) is 38.3 Å². The fourth-order valence-electron chi connectivity index (χ4n) is 3.23. The molecule has 2 atom stereocenters. The van der Waals surface area contributed by atoms with E-state index in [-0.39, 0.29) is 17.4 Å². The molecule has 2 rings (SSSR count). The zero-order valence-electron chi connectivity index (χ0n) is 12.1. The molecule has 0 aromatic heterocycles. The number of ether oxygens (including phenoxy) is 1. The molecule has 0 radical (unpaired) electrons. The zero-order valence-corrected chi connectivity index (χ0v) is 12.8. The van der Waals surface area contributed by atoms with Crippen LogP contribution in [0.4, 0.5) is 0 Å². The lowest BCUT2D eigenvalue weighted by molar-refractivity contribution is -0.132. The van der Waals surface area contributed by atoms with Crippen molar-refractivity contribution in [3.05, 3.63) is 0 Å². The molecule has 19 heavy (non-hydrogen) atoms. The van der Waals surface area contributed by atoms with Crippen molar-refractivity contribution < 1.29 is 9.53 Å². The quantitative estimate of drug-likeness (QED) is 0.811. The molecular formula is C15H26ClNO2. The molecule has 1 aliphatic carbocycles. The molecule has 1 aliphatic heterocycles. The molecule has 4 heteroatoms. The molecule has 1 heterocycles. The van der Waals surface area contributed by atoms with Gasteiger partial charge in [0, 0.05) is 25.0 Å². The van der Waals surface area contributed by atoms with Gasteiger partial charge in [0.05, 0.1) is 5.54 Å². The highest BCUT2D eigenvalue weighted by atomic mass is 35.5. The lowest BCUT2D eigenvalue weighted by Crippen LogP contribution is -2.55. The Labute approximate surface area is 121 Å². The maximum absolute atomic E-state index is 12.5. The van der Waals surface area contributed by atoms with E-state index in [1.165, 1.54) is 0 Å². The second-order valence-electron chi connectivity index (χ2n) is 6.53. The summed E-state index contributed by atoms with van der Waals surface area (Å²) in [5.41, 5.74) is -0.164. The number of carbonyl (C=O) groups excluding carboxylic acids is 1. The molecular weight excluding hydrogens is 262 g/mol. The number of halogens is 1. The van der Waals surface area contributed by atoms with Crippen LogP contribution >= 0.6 is 11.6 Å². The van der Waals surface area contributed by atoms with Crippen LogP contribution in [0.1, 0.15) is 46.0 Å². The average Bonchev–Trinajstić information content (AvgIpc) is 2.42. The highest BCUT2D eigenvalue weighted by Gasteiger charge is 2.38. The minimum Gasteiger partial charge on any atom is -0.381 e. The van der Waals surface area contributed by atoms with Crippen molar-refractivity contribution in [3.8, 4) is 0 Å². The smallest absolute Gasteiger partial charge is 0.224 e. The van der Waals surface area contributed by atoms with Crippen LogP contribution in [-0.2, 0) is 9.53 Å². The largest absolute Gasteiger partial charge is 0.381 e. The number of carbonyl (C=O) groups is 1. The van der Waals surface area contributed by atoms with Gasteiger partial charge in [-0.25, -0.2) is 0 Å². The molecule has 110 valence electrons. The van der Waals surface area contributed by atoms with Crippen molar-refractivity contribution in [2.75, 3.05) is 19.1 Å². The Hall–Kier alpha value is -0.280. The van der Waals surface area contributed by atoms with Crippen LogP contribution in [0.25, 0.3) is 0 Å². The summed E-state index contributed by atoms with van der Waals surface area (Å²) in [6, 6.07) is 0. The van der Waals surface area contributed by atoms with Crippen molar-refractivity contribution in [2.45, 2.75) is 51.5 Å². The van der Waals surface area contributed by atoms with Gasteiger partial charge < -0.3 is 10.1 Å². The minimum absolute atomic E-state index is 0.0909. The van der Waals surface area contributed by atoms with Crippen LogP contribution in [0.2, 0.25) is 0 Å². The van der Waals surface area contributed by atoms with E-state index < -0.39 is 0 Å². The normalized spacial score (nSPS) is 39.8. The van der Waals surface area contributed by atoms with E-state index in [1.54, 1.807) is 0 Å². The number of nitrogens with one attached hydrogen (secondary N) is 1. The van der Waals surface area contributed by atoms with E-state index in [2.05, 4.69) is 19.2 Å². The maximum atomic E-state index is 12.5. The van der Waals surface area contributed by atoms with Gasteiger partial charge in [-0.15, -0.1) is 11.6 Å². The fourth-order valence-corrected chi connectivity index (χ4v) is 3.56. The minimum atomic E-state index is -0.164. The molecule has 2 aliphatic rings. The maximum Gasteiger partial charge on any atom is 0.224 e. The van der Waals surface area contributed by atoms with Gasteiger partial charge in [-0.05, 0) is 43.9 Å². The summed E-state index contributed by atoms with van der Waals surface area (Å²) in [5, 5.41) is 3.28. The van der Waals surface area contributed by atoms with Crippen LogP contribution in [0, 0.1) is 17.8 Å². The van der Waals surface area contributed by atoms with Crippen LogP contribution in [-0.4, -0.2) is 30.5 Å². The van der Waals surface area contributed by atoms with Gasteiger partial charge in [0.15, 0.2) is 0 Å². The molecule has 1 saturated heterocycles. The fraction of sp³-hybridized carbons (Fsp3) is 0.933. The standard InChI is InChI=1S/C15H26ClNO2/c1-11-3-6-15(10-16,7-4-11)17-14(18)13-5-8-19-9-12(13)2/h11-13H,3-10H2,1-2H3,(H,17,18). The lowest BCUT2D eigenvalue weighted by atomic mass is 9.77. The van der Waals surface area contributed by atoms with Gasteiger partial charge in [0.2, 0.25) is 5.91 Å². The molecule has 1 amide bonds. The Morgan fingerprint density at radius 2 is 2.00 bits per heavy atom. The summed E-state index contributed by atoms with van der Waals surface area (Å²) < 4.78 is 5.41. The van der Waals surface area contributed by atoms with E-state index in [1.807, 2.05) is 0 Å². The van der Waals surface area contributed by atoms with Crippen molar-refractivity contribution in [2.24, 2.45) is 17.8 Å². The Kier molecular flexibility index (Phi) is 5.13. The van der Waals surface area contributed by atoms with Crippen LogP contribution < -0.4 is 5.32 Å². The number of hydrogen-bond acceptors (Lipinski definition) is 2. The van der Waals surface area contributed by atoms with Gasteiger partial charge in [0.25, 0.3) is 0 Å². The number of alkyl halides is 1. The summed E-state index contributed by atoms with van der Waals surface area (Å²) in [6.07, 6.45) is 5.19. The lowest BCUT2D eigenvalue weighted by Gasteiger charge is -2.40. The number of hydrogen-bond donors (Lipinski definition) is 1. The van der Waals surface area contributed by atoms with Crippen LogP contribution in [0.5, 0.6) is 0 Å². The Bertz CT molecular complexity index is 313. The second-order valence-corrected chi connectivity index (χ2v) is 6.80. The third-order valence-electron chi connectivity index (χ3n) is 4.85. The molecule has 0 aromatic rings. The second kappa shape index (κ2) is 6.45. The highest BCUT2D eigenvalue weighted by molar-refractivity contribution is 6.18. The van der Waals surface area contributed by atoms with Gasteiger partial charge in [-0.2, -0.15) is 0 Å². The van der Waals surface area contributed by atoms with Crippen molar-refractivity contribution in [1.82, 2.24) is 5.32 Å². The summed E-state index contributed by atoms with van der Waals surface area (Å²) in [5.74, 6) is 1.88. The molecule has 2 unspecified atom stereocenters. The molecule has 2 fully saturated rings.